The molecule has 7 nitrogen and oxygen atoms in total. The number of H-pyrrole nitrogens is 1. The van der Waals surface area contributed by atoms with E-state index in [2.05, 4.69) is 9.97 Å². The molecule has 2 aromatic heterocycles. The molecule has 7 heteroatoms. The number of benzene rings is 2. The lowest BCUT2D eigenvalue weighted by atomic mass is 10.1. The Balaban J connectivity index is 1.87. The van der Waals surface area contributed by atoms with E-state index in [0.29, 0.717) is 23.6 Å². The highest BCUT2D eigenvalue weighted by atomic mass is 16.7. The highest BCUT2D eigenvalue weighted by molar-refractivity contribution is 6.12. The van der Waals surface area contributed by atoms with Crippen LogP contribution in [-0.4, -0.2) is 22.7 Å². The lowest BCUT2D eigenvalue weighted by Gasteiger charge is -2.11. The topological polar surface area (TPSA) is 99.5 Å². The van der Waals surface area contributed by atoms with Crippen molar-refractivity contribution in [2.75, 3.05) is 12.3 Å². The van der Waals surface area contributed by atoms with Crippen molar-refractivity contribution >= 4 is 33.6 Å². The summed E-state index contributed by atoms with van der Waals surface area (Å²) in [6, 6.07) is 13.0. The minimum Gasteiger partial charge on any atom is -0.457 e. The van der Waals surface area contributed by atoms with Crippen LogP contribution in [0.3, 0.4) is 0 Å². The summed E-state index contributed by atoms with van der Waals surface area (Å²) in [6.07, 6.45) is 1.49. The summed E-state index contributed by atoms with van der Waals surface area (Å²) in [6.45, 7) is 3.94. The predicted molar refractivity (Wildman–Crippen MR) is 112 cm³/mol. The molecule has 0 aliphatic heterocycles. The third-order valence-electron chi connectivity index (χ3n) is 4.59. The maximum Gasteiger partial charge on any atom is 0.515 e. The normalized spacial score (nSPS) is 11.0. The number of pyridine rings is 1. The summed E-state index contributed by atoms with van der Waals surface area (Å²) in [5.74, 6) is 1.60. The van der Waals surface area contributed by atoms with Gasteiger partial charge in [-0.2, -0.15) is 0 Å². The predicted octanol–water partition coefficient (Wildman–Crippen LogP) is 5.19. The van der Waals surface area contributed by atoms with Crippen molar-refractivity contribution in [3.8, 4) is 17.4 Å². The fourth-order valence-electron chi connectivity index (χ4n) is 3.34. The molecule has 0 aliphatic carbocycles. The standard InChI is InChI=1S/C22H21N3O4/c1-3-15-19-17(12-24-21(15)29-22(26)27-4-2)25-16-6-5-7-18(20(16)19)28-14-10-8-13(23)9-11-14/h5-12,25H,3-4,23H2,1-2H3. The lowest BCUT2D eigenvalue weighted by Crippen LogP contribution is -2.12. The maximum atomic E-state index is 11.8. The Morgan fingerprint density at radius 1 is 1.07 bits per heavy atom. The number of nitrogens with two attached hydrogens (primary N) is 1. The number of fused-ring (bicyclic) bond motifs is 3. The Kier molecular flexibility index (Phi) is 4.95. The van der Waals surface area contributed by atoms with Gasteiger partial charge in [-0.15, -0.1) is 0 Å². The number of carbonyl (C=O) groups excluding carboxylic acids is 1. The third kappa shape index (κ3) is 3.54. The SMILES string of the molecule is CCOC(=O)Oc1ncc2[nH]c3cccc(Oc4ccc(N)cc4)c3c2c1CC. The molecule has 0 saturated heterocycles. The van der Waals surface area contributed by atoms with Gasteiger partial charge >= 0.3 is 6.16 Å². The van der Waals surface area contributed by atoms with E-state index >= 15 is 0 Å². The van der Waals surface area contributed by atoms with Crippen molar-refractivity contribution < 1.29 is 19.0 Å². The number of nitrogens with one attached hydrogen (secondary N) is 1. The second kappa shape index (κ2) is 7.71. The first kappa shape index (κ1) is 18.6. The maximum absolute atomic E-state index is 11.8. The van der Waals surface area contributed by atoms with Gasteiger partial charge in [0.2, 0.25) is 5.88 Å². The summed E-state index contributed by atoms with van der Waals surface area (Å²) >= 11 is 0. The van der Waals surface area contributed by atoms with Crippen molar-refractivity contribution in [3.63, 3.8) is 0 Å². The van der Waals surface area contributed by atoms with Crippen LogP contribution >= 0.6 is 0 Å². The van der Waals surface area contributed by atoms with Gasteiger partial charge in [0.25, 0.3) is 0 Å². The van der Waals surface area contributed by atoms with Gasteiger partial charge in [-0.05, 0) is 49.7 Å². The van der Waals surface area contributed by atoms with Crippen molar-refractivity contribution in [2.24, 2.45) is 0 Å². The summed E-state index contributed by atoms with van der Waals surface area (Å²) in [5, 5.41) is 1.80. The van der Waals surface area contributed by atoms with E-state index in [0.717, 1.165) is 27.4 Å². The largest absolute Gasteiger partial charge is 0.515 e. The first-order valence-electron chi connectivity index (χ1n) is 9.41. The second-order valence-electron chi connectivity index (χ2n) is 6.44. The molecule has 0 atom stereocenters. The quantitative estimate of drug-likeness (QED) is 0.359. The molecule has 4 rings (SSSR count). The van der Waals surface area contributed by atoms with Crippen molar-refractivity contribution in [3.05, 3.63) is 54.2 Å². The molecule has 0 fully saturated rings. The van der Waals surface area contributed by atoms with E-state index in [4.69, 9.17) is 19.9 Å². The lowest BCUT2D eigenvalue weighted by molar-refractivity contribution is 0.102. The summed E-state index contributed by atoms with van der Waals surface area (Å²) in [7, 11) is 0. The van der Waals surface area contributed by atoms with Crippen LogP contribution in [0.15, 0.2) is 48.7 Å². The molecular weight excluding hydrogens is 370 g/mol. The molecule has 2 heterocycles. The zero-order chi connectivity index (χ0) is 20.4. The number of aromatic nitrogens is 2. The molecule has 0 saturated carbocycles. The highest BCUT2D eigenvalue weighted by Crippen LogP contribution is 2.39. The molecule has 3 N–H and O–H groups in total. The molecule has 0 unspecified atom stereocenters. The molecule has 4 aromatic rings. The van der Waals surface area contributed by atoms with Crippen LogP contribution in [0.5, 0.6) is 17.4 Å². The molecular formula is C22H21N3O4. The first-order chi connectivity index (χ1) is 14.1. The smallest absolute Gasteiger partial charge is 0.457 e. The number of carbonyl (C=O) groups is 1. The second-order valence-corrected chi connectivity index (χ2v) is 6.44. The summed E-state index contributed by atoms with van der Waals surface area (Å²) < 4.78 is 16.4. The van der Waals surface area contributed by atoms with E-state index in [1.165, 1.54) is 0 Å². The molecule has 29 heavy (non-hydrogen) atoms. The number of ether oxygens (including phenoxy) is 3. The summed E-state index contributed by atoms with van der Waals surface area (Å²) in [4.78, 5) is 19.5. The van der Waals surface area contributed by atoms with Crippen LogP contribution in [0.4, 0.5) is 10.5 Å². The average molecular weight is 391 g/mol. The van der Waals surface area contributed by atoms with E-state index in [-0.39, 0.29) is 12.5 Å². The van der Waals surface area contributed by atoms with Gasteiger partial charge < -0.3 is 24.9 Å². The number of rotatable bonds is 5. The fourth-order valence-corrected chi connectivity index (χ4v) is 3.34. The Labute approximate surface area is 167 Å². The van der Waals surface area contributed by atoms with Crippen molar-refractivity contribution in [1.82, 2.24) is 9.97 Å². The van der Waals surface area contributed by atoms with Crippen molar-refractivity contribution in [2.45, 2.75) is 20.3 Å². The number of aromatic amines is 1. The van der Waals surface area contributed by atoms with Crippen LogP contribution < -0.4 is 15.2 Å². The summed E-state index contributed by atoms with van der Waals surface area (Å²) in [5.41, 5.74) is 8.97. The van der Waals surface area contributed by atoms with Crippen LogP contribution in [-0.2, 0) is 11.2 Å². The van der Waals surface area contributed by atoms with Crippen molar-refractivity contribution in [1.29, 1.82) is 0 Å². The molecule has 0 amide bonds. The Bertz CT molecular complexity index is 1180. The molecule has 0 bridgehead atoms. The zero-order valence-corrected chi connectivity index (χ0v) is 16.2. The molecule has 0 radical (unpaired) electrons. The first-order valence-corrected chi connectivity index (χ1v) is 9.41. The molecule has 2 aromatic carbocycles. The van der Waals surface area contributed by atoms with E-state index in [1.54, 1.807) is 25.3 Å². The Hall–Kier alpha value is -3.74. The Morgan fingerprint density at radius 2 is 1.86 bits per heavy atom. The highest BCUT2D eigenvalue weighted by Gasteiger charge is 2.19. The van der Waals surface area contributed by atoms with Crippen LogP contribution in [0.2, 0.25) is 0 Å². The van der Waals surface area contributed by atoms with Crippen LogP contribution in [0.25, 0.3) is 21.8 Å². The van der Waals surface area contributed by atoms with E-state index in [1.807, 2.05) is 37.3 Å². The zero-order valence-electron chi connectivity index (χ0n) is 16.2. The van der Waals surface area contributed by atoms with Gasteiger partial charge in [-0.1, -0.05) is 13.0 Å². The van der Waals surface area contributed by atoms with Gasteiger partial charge in [0.15, 0.2) is 0 Å². The van der Waals surface area contributed by atoms with Gasteiger partial charge in [0.05, 0.1) is 29.2 Å². The number of hydrogen-bond acceptors (Lipinski definition) is 6. The van der Waals surface area contributed by atoms with Crippen LogP contribution in [0.1, 0.15) is 19.4 Å². The molecule has 0 spiro atoms. The minimum absolute atomic E-state index is 0.231. The Morgan fingerprint density at radius 3 is 2.59 bits per heavy atom. The van der Waals surface area contributed by atoms with E-state index in [9.17, 15) is 4.79 Å². The number of hydrogen-bond donors (Lipinski definition) is 2. The molecule has 0 aliphatic rings. The van der Waals surface area contributed by atoms with Crippen LogP contribution in [0, 0.1) is 0 Å². The number of aryl methyl sites for hydroxylation is 1. The minimum atomic E-state index is -0.771. The van der Waals surface area contributed by atoms with Gasteiger partial charge in [-0.3, -0.25) is 0 Å². The van der Waals surface area contributed by atoms with Gasteiger partial charge in [0, 0.05) is 16.6 Å². The average Bonchev–Trinajstić information content (AvgIpc) is 3.09. The fraction of sp³-hybridized carbons (Fsp3) is 0.182. The van der Waals surface area contributed by atoms with Gasteiger partial charge in [-0.25, -0.2) is 9.78 Å². The number of nitrogens with zero attached hydrogens (tertiary/aromatic N) is 1. The number of anilines is 1. The molecule has 148 valence electrons. The van der Waals surface area contributed by atoms with E-state index < -0.39 is 6.16 Å². The van der Waals surface area contributed by atoms with Gasteiger partial charge in [0.1, 0.15) is 11.5 Å². The monoisotopic (exact) mass is 391 g/mol. The number of nitrogen functional groups attached to an aromatic ring is 1. The third-order valence-corrected chi connectivity index (χ3v) is 4.59.